The van der Waals surface area contributed by atoms with Crippen molar-refractivity contribution in [1.29, 1.82) is 0 Å². The van der Waals surface area contributed by atoms with Crippen molar-refractivity contribution >= 4 is 17.2 Å². The molecule has 0 aromatic carbocycles. The van der Waals surface area contributed by atoms with E-state index in [0.717, 1.165) is 23.4 Å². The Kier molecular flexibility index (Phi) is 4.90. The first-order valence-corrected chi connectivity index (χ1v) is 7.74. The van der Waals surface area contributed by atoms with Gasteiger partial charge in [-0.3, -0.25) is 9.78 Å². The van der Waals surface area contributed by atoms with E-state index >= 15 is 0 Å². The number of nitrogens with one attached hydrogen (secondary N) is 1. The number of hydrogen-bond donors (Lipinski definition) is 1. The largest absolute Gasteiger partial charge is 0.343 e. The van der Waals surface area contributed by atoms with Crippen molar-refractivity contribution in [3.8, 4) is 0 Å². The molecule has 0 saturated heterocycles. The van der Waals surface area contributed by atoms with Gasteiger partial charge in [0.15, 0.2) is 0 Å². The lowest BCUT2D eigenvalue weighted by molar-refractivity contribution is 0.0943. The van der Waals surface area contributed by atoms with Crippen LogP contribution in [0.1, 0.15) is 52.1 Å². The maximum absolute atomic E-state index is 12.3. The van der Waals surface area contributed by atoms with Crippen molar-refractivity contribution in [2.75, 3.05) is 0 Å². The molecule has 3 nitrogen and oxygen atoms in total. The van der Waals surface area contributed by atoms with Gasteiger partial charge in [-0.05, 0) is 44.0 Å². The second-order valence-corrected chi connectivity index (χ2v) is 6.15. The first kappa shape index (κ1) is 14.7. The highest BCUT2D eigenvalue weighted by atomic mass is 32.1. The number of rotatable bonds is 5. The lowest BCUT2D eigenvalue weighted by atomic mass is 10.1. The van der Waals surface area contributed by atoms with Gasteiger partial charge in [-0.25, -0.2) is 0 Å². The topological polar surface area (TPSA) is 42.0 Å². The van der Waals surface area contributed by atoms with Gasteiger partial charge >= 0.3 is 0 Å². The molecule has 0 aliphatic heterocycles. The number of pyridine rings is 1. The molecule has 106 valence electrons. The van der Waals surface area contributed by atoms with Crippen LogP contribution in [0.25, 0.3) is 0 Å². The van der Waals surface area contributed by atoms with Gasteiger partial charge in [0.05, 0.1) is 16.6 Å². The van der Waals surface area contributed by atoms with Crippen molar-refractivity contribution < 1.29 is 4.79 Å². The van der Waals surface area contributed by atoms with Gasteiger partial charge in [-0.2, -0.15) is 0 Å². The zero-order chi connectivity index (χ0) is 14.5. The minimum atomic E-state index is -0.0827. The van der Waals surface area contributed by atoms with E-state index in [1.807, 2.05) is 31.2 Å². The predicted octanol–water partition coefficient (Wildman–Crippen LogP) is 3.90. The van der Waals surface area contributed by atoms with E-state index in [1.165, 1.54) is 10.4 Å². The van der Waals surface area contributed by atoms with Crippen LogP contribution < -0.4 is 5.32 Å². The molecule has 2 aromatic heterocycles. The number of thiophene rings is 1. The Labute approximate surface area is 124 Å². The summed E-state index contributed by atoms with van der Waals surface area (Å²) in [7, 11) is 0. The molecule has 2 rings (SSSR count). The fourth-order valence-corrected chi connectivity index (χ4v) is 3.10. The zero-order valence-electron chi connectivity index (χ0n) is 12.1. The van der Waals surface area contributed by atoms with Crippen molar-refractivity contribution in [2.45, 2.75) is 39.7 Å². The van der Waals surface area contributed by atoms with Gasteiger partial charge < -0.3 is 5.32 Å². The molecule has 0 aliphatic rings. The third-order valence-electron chi connectivity index (χ3n) is 3.24. The first-order valence-electron chi connectivity index (χ1n) is 6.93. The van der Waals surface area contributed by atoms with Crippen LogP contribution in [0, 0.1) is 6.92 Å². The Morgan fingerprint density at radius 2 is 2.25 bits per heavy atom. The normalized spacial score (nSPS) is 12.2. The molecule has 1 atom stereocenters. The van der Waals surface area contributed by atoms with Crippen LogP contribution in [-0.4, -0.2) is 10.9 Å². The van der Waals surface area contributed by atoms with E-state index in [9.17, 15) is 4.79 Å². The highest BCUT2D eigenvalue weighted by Gasteiger charge is 2.15. The number of amides is 1. The zero-order valence-corrected chi connectivity index (χ0v) is 13.0. The standard InChI is InChI=1S/C16H20N2OS/c1-4-7-13-10-15(20-12(13)3)16(19)18-11(2)14-8-5-6-9-17-14/h5-6,8-11H,4,7H2,1-3H3,(H,18,19). The molecule has 1 amide bonds. The summed E-state index contributed by atoms with van der Waals surface area (Å²) in [6, 6.07) is 7.66. The quantitative estimate of drug-likeness (QED) is 0.906. The second-order valence-electron chi connectivity index (χ2n) is 4.89. The molecular weight excluding hydrogens is 268 g/mol. The molecule has 1 N–H and O–H groups in total. The average molecular weight is 288 g/mol. The molecule has 1 unspecified atom stereocenters. The molecule has 20 heavy (non-hydrogen) atoms. The Morgan fingerprint density at radius 1 is 1.45 bits per heavy atom. The van der Waals surface area contributed by atoms with Crippen LogP contribution in [0.5, 0.6) is 0 Å². The third kappa shape index (κ3) is 3.45. The number of carbonyl (C=O) groups is 1. The van der Waals surface area contributed by atoms with Crippen molar-refractivity contribution in [3.63, 3.8) is 0 Å². The monoisotopic (exact) mass is 288 g/mol. The van der Waals surface area contributed by atoms with Crippen molar-refractivity contribution in [2.24, 2.45) is 0 Å². The third-order valence-corrected chi connectivity index (χ3v) is 4.33. The Bertz CT molecular complexity index is 577. The van der Waals surface area contributed by atoms with Crippen LogP contribution in [0.15, 0.2) is 30.5 Å². The molecular formula is C16H20N2OS. The summed E-state index contributed by atoms with van der Waals surface area (Å²) in [6.07, 6.45) is 3.88. The Hall–Kier alpha value is -1.68. The average Bonchev–Trinajstić information content (AvgIpc) is 2.82. The lowest BCUT2D eigenvalue weighted by Gasteiger charge is -2.12. The van der Waals surface area contributed by atoms with E-state index in [2.05, 4.69) is 24.1 Å². The molecule has 0 bridgehead atoms. The highest BCUT2D eigenvalue weighted by Crippen LogP contribution is 2.23. The van der Waals surface area contributed by atoms with Crippen LogP contribution in [-0.2, 0) is 6.42 Å². The minimum absolute atomic E-state index is 0.0152. The fourth-order valence-electron chi connectivity index (χ4n) is 2.12. The van der Waals surface area contributed by atoms with Gasteiger partial charge in [-0.1, -0.05) is 19.4 Å². The van der Waals surface area contributed by atoms with E-state index in [1.54, 1.807) is 17.5 Å². The van der Waals surface area contributed by atoms with Crippen LogP contribution in [0.2, 0.25) is 0 Å². The SMILES string of the molecule is CCCc1cc(C(=O)NC(C)c2ccccn2)sc1C. The number of aromatic nitrogens is 1. The van der Waals surface area contributed by atoms with Gasteiger partial charge in [0.2, 0.25) is 0 Å². The van der Waals surface area contributed by atoms with Crippen LogP contribution in [0.4, 0.5) is 0 Å². The fraction of sp³-hybridized carbons (Fsp3) is 0.375. The Morgan fingerprint density at radius 3 is 2.90 bits per heavy atom. The molecule has 2 aromatic rings. The van der Waals surface area contributed by atoms with E-state index in [0.29, 0.717) is 0 Å². The summed E-state index contributed by atoms with van der Waals surface area (Å²) in [5, 5.41) is 3.00. The summed E-state index contributed by atoms with van der Waals surface area (Å²) < 4.78 is 0. The summed E-state index contributed by atoms with van der Waals surface area (Å²) in [6.45, 7) is 6.18. The predicted molar refractivity (Wildman–Crippen MR) is 83.2 cm³/mol. The van der Waals surface area contributed by atoms with Crippen LogP contribution >= 0.6 is 11.3 Å². The van der Waals surface area contributed by atoms with E-state index in [-0.39, 0.29) is 11.9 Å². The van der Waals surface area contributed by atoms with Crippen molar-refractivity contribution in [3.05, 3.63) is 51.5 Å². The highest BCUT2D eigenvalue weighted by molar-refractivity contribution is 7.14. The summed E-state index contributed by atoms with van der Waals surface area (Å²) in [5.74, 6) is -0.0152. The second kappa shape index (κ2) is 6.66. The molecule has 0 spiro atoms. The summed E-state index contributed by atoms with van der Waals surface area (Å²) >= 11 is 1.57. The first-order chi connectivity index (χ1) is 9.61. The molecule has 0 aliphatic carbocycles. The molecule has 0 saturated carbocycles. The van der Waals surface area contributed by atoms with Crippen molar-refractivity contribution in [1.82, 2.24) is 10.3 Å². The number of carbonyl (C=O) groups excluding carboxylic acids is 1. The van der Waals surface area contributed by atoms with Crippen LogP contribution in [0.3, 0.4) is 0 Å². The number of hydrogen-bond acceptors (Lipinski definition) is 3. The Balaban J connectivity index is 2.06. The van der Waals surface area contributed by atoms with E-state index < -0.39 is 0 Å². The maximum Gasteiger partial charge on any atom is 0.261 e. The van der Waals surface area contributed by atoms with Gasteiger partial charge in [0.1, 0.15) is 0 Å². The molecule has 0 radical (unpaired) electrons. The molecule has 4 heteroatoms. The summed E-state index contributed by atoms with van der Waals surface area (Å²) in [5.41, 5.74) is 2.16. The smallest absolute Gasteiger partial charge is 0.261 e. The van der Waals surface area contributed by atoms with Gasteiger partial charge in [0, 0.05) is 11.1 Å². The molecule has 0 fully saturated rings. The minimum Gasteiger partial charge on any atom is -0.343 e. The lowest BCUT2D eigenvalue weighted by Crippen LogP contribution is -2.26. The number of nitrogens with zero attached hydrogens (tertiary/aromatic N) is 1. The summed E-state index contributed by atoms with van der Waals surface area (Å²) in [4.78, 5) is 18.6. The van der Waals surface area contributed by atoms with Gasteiger partial charge in [-0.15, -0.1) is 11.3 Å². The maximum atomic E-state index is 12.3. The number of aryl methyl sites for hydroxylation is 2. The molecule has 2 heterocycles. The van der Waals surface area contributed by atoms with Gasteiger partial charge in [0.25, 0.3) is 5.91 Å². The van der Waals surface area contributed by atoms with E-state index in [4.69, 9.17) is 0 Å².